The molecule has 1 aromatic rings. The summed E-state index contributed by atoms with van der Waals surface area (Å²) in [6, 6.07) is 0.302. The largest absolute Gasteiger partial charge is 0.328 e. The summed E-state index contributed by atoms with van der Waals surface area (Å²) in [6.45, 7) is 6.54. The molecule has 0 saturated heterocycles. The molecule has 0 aromatic carbocycles. The normalized spacial score (nSPS) is 46.4. The molecular formula is C15H20N2O2. The first-order valence-corrected chi connectivity index (χ1v) is 7.26. The van der Waals surface area contributed by atoms with Crippen LogP contribution < -0.4 is 11.2 Å². The Bertz CT molecular complexity index is 669. The summed E-state index contributed by atoms with van der Waals surface area (Å²) in [4.78, 5) is 26.0. The van der Waals surface area contributed by atoms with Gasteiger partial charge < -0.3 is 0 Å². The second-order valence-corrected chi connectivity index (χ2v) is 7.05. The first kappa shape index (κ1) is 11.5. The molecule has 102 valence electrons. The van der Waals surface area contributed by atoms with E-state index in [4.69, 9.17) is 0 Å². The molecule has 3 aliphatic carbocycles. The number of nitrogens with one attached hydrogen (secondary N) is 1. The molecule has 3 aliphatic rings. The smallest absolute Gasteiger partial charge is 0.297 e. The van der Waals surface area contributed by atoms with Gasteiger partial charge in [0, 0.05) is 17.8 Å². The van der Waals surface area contributed by atoms with Gasteiger partial charge in [0.15, 0.2) is 0 Å². The van der Waals surface area contributed by atoms with E-state index in [1.807, 2.05) is 0 Å². The van der Waals surface area contributed by atoms with Crippen molar-refractivity contribution in [2.24, 2.45) is 29.1 Å². The number of aromatic nitrogens is 2. The van der Waals surface area contributed by atoms with Gasteiger partial charge in [0.05, 0.1) is 0 Å². The first-order valence-electron chi connectivity index (χ1n) is 7.26. The standard InChI is InChI=1S/C15H20N2O2/c1-7-6-17(14(19)16-13(7)18)12-5-10-8(2)15(10,3)11-4-9(11)12/h6,8-12H,4-5H2,1-3H3,(H,16,18,19). The Kier molecular flexibility index (Phi) is 1.95. The van der Waals surface area contributed by atoms with E-state index in [2.05, 4.69) is 18.8 Å². The maximum atomic E-state index is 12.0. The molecule has 4 nitrogen and oxygen atoms in total. The lowest BCUT2D eigenvalue weighted by Gasteiger charge is -2.26. The van der Waals surface area contributed by atoms with E-state index >= 15 is 0 Å². The van der Waals surface area contributed by atoms with Crippen LogP contribution in [0, 0.1) is 36.0 Å². The van der Waals surface area contributed by atoms with E-state index in [0.29, 0.717) is 22.9 Å². The van der Waals surface area contributed by atoms with Crippen LogP contribution in [0.1, 0.15) is 38.3 Å². The fourth-order valence-electron chi connectivity index (χ4n) is 4.88. The number of aryl methyl sites for hydroxylation is 1. The molecule has 4 heteroatoms. The third-order valence-electron chi connectivity index (χ3n) is 6.41. The van der Waals surface area contributed by atoms with Crippen LogP contribution in [0.15, 0.2) is 15.8 Å². The topological polar surface area (TPSA) is 54.9 Å². The molecule has 0 amide bonds. The van der Waals surface area contributed by atoms with Crippen molar-refractivity contribution in [3.05, 3.63) is 32.6 Å². The molecule has 19 heavy (non-hydrogen) atoms. The van der Waals surface area contributed by atoms with Crippen LogP contribution in [0.4, 0.5) is 0 Å². The molecule has 0 bridgehead atoms. The fourth-order valence-corrected chi connectivity index (χ4v) is 4.88. The van der Waals surface area contributed by atoms with Crippen molar-refractivity contribution >= 4 is 0 Å². The summed E-state index contributed by atoms with van der Waals surface area (Å²) < 4.78 is 1.80. The van der Waals surface area contributed by atoms with Crippen LogP contribution in [-0.2, 0) is 0 Å². The zero-order chi connectivity index (χ0) is 13.5. The van der Waals surface area contributed by atoms with Gasteiger partial charge >= 0.3 is 5.69 Å². The van der Waals surface area contributed by atoms with Crippen LogP contribution >= 0.6 is 0 Å². The third-order valence-corrected chi connectivity index (χ3v) is 6.41. The lowest BCUT2D eigenvalue weighted by Crippen LogP contribution is -2.35. The Morgan fingerprint density at radius 2 is 2.05 bits per heavy atom. The quantitative estimate of drug-likeness (QED) is 0.835. The summed E-state index contributed by atoms with van der Waals surface area (Å²) in [5, 5.41) is 0. The number of aromatic amines is 1. The van der Waals surface area contributed by atoms with E-state index in [1.54, 1.807) is 17.7 Å². The molecule has 6 unspecified atom stereocenters. The van der Waals surface area contributed by atoms with Gasteiger partial charge in [-0.25, -0.2) is 4.79 Å². The van der Waals surface area contributed by atoms with Crippen molar-refractivity contribution in [1.82, 2.24) is 9.55 Å². The van der Waals surface area contributed by atoms with Crippen molar-refractivity contribution in [3.63, 3.8) is 0 Å². The molecule has 1 N–H and O–H groups in total. The van der Waals surface area contributed by atoms with Crippen molar-refractivity contribution in [1.29, 1.82) is 0 Å². The number of H-pyrrole nitrogens is 1. The van der Waals surface area contributed by atoms with Gasteiger partial charge in [-0.3, -0.25) is 14.3 Å². The summed E-state index contributed by atoms with van der Waals surface area (Å²) in [6.07, 6.45) is 4.12. The molecule has 1 aromatic heterocycles. The Labute approximate surface area is 111 Å². The number of hydrogen-bond acceptors (Lipinski definition) is 2. The summed E-state index contributed by atoms with van der Waals surface area (Å²) in [5.74, 6) is 3.01. The maximum absolute atomic E-state index is 12.0. The average Bonchev–Trinajstić information content (AvgIpc) is 3.23. The molecule has 3 saturated carbocycles. The van der Waals surface area contributed by atoms with Crippen LogP contribution in [0.3, 0.4) is 0 Å². The van der Waals surface area contributed by atoms with Gasteiger partial charge in [-0.05, 0) is 48.9 Å². The van der Waals surface area contributed by atoms with E-state index in [-0.39, 0.29) is 11.2 Å². The zero-order valence-electron chi connectivity index (χ0n) is 11.6. The minimum Gasteiger partial charge on any atom is -0.297 e. The average molecular weight is 260 g/mol. The summed E-state index contributed by atoms with van der Waals surface area (Å²) >= 11 is 0. The van der Waals surface area contributed by atoms with E-state index in [1.165, 1.54) is 6.42 Å². The Hall–Kier alpha value is -1.32. The maximum Gasteiger partial charge on any atom is 0.328 e. The zero-order valence-corrected chi connectivity index (χ0v) is 11.6. The molecule has 6 atom stereocenters. The predicted octanol–water partition coefficient (Wildman–Crippen LogP) is 1.70. The monoisotopic (exact) mass is 260 g/mol. The minimum atomic E-state index is -0.256. The van der Waals surface area contributed by atoms with Gasteiger partial charge in [-0.1, -0.05) is 13.8 Å². The second-order valence-electron chi connectivity index (χ2n) is 7.05. The van der Waals surface area contributed by atoms with Crippen molar-refractivity contribution in [2.75, 3.05) is 0 Å². The lowest BCUT2D eigenvalue weighted by molar-refractivity contribution is 0.253. The molecule has 0 aliphatic heterocycles. The molecule has 1 heterocycles. The number of fused-ring (bicyclic) bond motifs is 3. The van der Waals surface area contributed by atoms with Gasteiger partial charge in [0.25, 0.3) is 5.56 Å². The highest BCUT2D eigenvalue weighted by molar-refractivity contribution is 5.22. The van der Waals surface area contributed by atoms with Crippen LogP contribution in [0.5, 0.6) is 0 Å². The lowest BCUT2D eigenvalue weighted by atomic mass is 9.86. The fraction of sp³-hybridized carbons (Fsp3) is 0.733. The molecular weight excluding hydrogens is 240 g/mol. The number of nitrogens with zero attached hydrogens (tertiary/aromatic N) is 1. The summed E-state index contributed by atoms with van der Waals surface area (Å²) in [7, 11) is 0. The SMILES string of the molecule is Cc1cn(C2CC3C(C)C3(C)C3CC23)c(=O)[nH]c1=O. The van der Waals surface area contributed by atoms with Crippen LogP contribution in [0.2, 0.25) is 0 Å². The van der Waals surface area contributed by atoms with Crippen molar-refractivity contribution in [3.8, 4) is 0 Å². The molecule has 3 fully saturated rings. The third kappa shape index (κ3) is 1.30. The van der Waals surface area contributed by atoms with Crippen molar-refractivity contribution < 1.29 is 0 Å². The number of hydrogen-bond donors (Lipinski definition) is 1. The van der Waals surface area contributed by atoms with E-state index in [9.17, 15) is 9.59 Å². The van der Waals surface area contributed by atoms with Crippen LogP contribution in [0.25, 0.3) is 0 Å². The van der Waals surface area contributed by atoms with Crippen molar-refractivity contribution in [2.45, 2.75) is 39.7 Å². The second kappa shape index (κ2) is 3.22. The van der Waals surface area contributed by atoms with Gasteiger partial charge in [-0.15, -0.1) is 0 Å². The minimum absolute atomic E-state index is 0.233. The highest BCUT2D eigenvalue weighted by Crippen LogP contribution is 2.78. The predicted molar refractivity (Wildman–Crippen MR) is 72.1 cm³/mol. The van der Waals surface area contributed by atoms with Gasteiger partial charge in [0.2, 0.25) is 0 Å². The molecule has 0 radical (unpaired) electrons. The highest BCUT2D eigenvalue weighted by Gasteiger charge is 2.73. The van der Waals surface area contributed by atoms with Gasteiger partial charge in [0.1, 0.15) is 0 Å². The Morgan fingerprint density at radius 3 is 2.79 bits per heavy atom. The van der Waals surface area contributed by atoms with E-state index in [0.717, 1.165) is 24.2 Å². The Balaban J connectivity index is 1.74. The number of rotatable bonds is 1. The van der Waals surface area contributed by atoms with Crippen LogP contribution in [-0.4, -0.2) is 9.55 Å². The van der Waals surface area contributed by atoms with Gasteiger partial charge in [-0.2, -0.15) is 0 Å². The Morgan fingerprint density at radius 1 is 1.32 bits per heavy atom. The molecule has 0 spiro atoms. The summed E-state index contributed by atoms with van der Waals surface area (Å²) in [5.41, 5.74) is 0.688. The van der Waals surface area contributed by atoms with E-state index < -0.39 is 0 Å². The highest BCUT2D eigenvalue weighted by atomic mass is 16.2. The first-order chi connectivity index (χ1) is 8.94. The molecule has 4 rings (SSSR count).